The first kappa shape index (κ1) is 33.6. The number of carbonyl (C=O) groups is 4. The molecule has 4 aliphatic rings. The van der Waals surface area contributed by atoms with E-state index in [0.717, 1.165) is 5.52 Å². The summed E-state index contributed by atoms with van der Waals surface area (Å²) >= 11 is 0. The van der Waals surface area contributed by atoms with E-state index in [9.17, 15) is 24.3 Å². The second-order valence-electron chi connectivity index (χ2n) is 13.9. The lowest BCUT2D eigenvalue weighted by molar-refractivity contribution is -0.162. The molecule has 2 N–H and O–H groups in total. The van der Waals surface area contributed by atoms with E-state index in [1.54, 1.807) is 40.8 Å². The van der Waals surface area contributed by atoms with E-state index in [2.05, 4.69) is 15.6 Å². The summed E-state index contributed by atoms with van der Waals surface area (Å²) in [7, 11) is 0. The third kappa shape index (κ3) is 5.67. The first-order chi connectivity index (χ1) is 24.1. The van der Waals surface area contributed by atoms with Crippen LogP contribution in [-0.2, 0) is 35.3 Å². The molecule has 2 aromatic carbocycles. The molecule has 2 saturated heterocycles. The monoisotopic (exact) mass is 682 g/mol. The number of hydrogen-bond acceptors (Lipinski definition) is 9. The van der Waals surface area contributed by atoms with Gasteiger partial charge < -0.3 is 29.7 Å². The Balaban J connectivity index is 1.31. The lowest BCUT2D eigenvalue weighted by Crippen LogP contribution is -2.59. The molecule has 0 radical (unpaired) electrons. The van der Waals surface area contributed by atoms with Crippen molar-refractivity contribution in [1.29, 1.82) is 0 Å². The number of fused-ring (bicyclic) bond motifs is 3. The maximum atomic E-state index is 14.9. The van der Waals surface area contributed by atoms with Crippen LogP contribution in [0.15, 0.2) is 78.9 Å². The van der Waals surface area contributed by atoms with Gasteiger partial charge in [-0.15, -0.1) is 5.10 Å². The van der Waals surface area contributed by atoms with Gasteiger partial charge >= 0.3 is 5.97 Å². The molecule has 50 heavy (non-hydrogen) atoms. The fourth-order valence-corrected chi connectivity index (χ4v) is 7.98. The maximum Gasteiger partial charge on any atom is 0.313 e. The van der Waals surface area contributed by atoms with Gasteiger partial charge in [0, 0.05) is 13.0 Å². The molecule has 0 bridgehead atoms. The number of carbonyl (C=O) groups excluding carboxylic acids is 4. The number of aromatic nitrogens is 3. The molecule has 1 aromatic heterocycles. The average molecular weight is 683 g/mol. The lowest BCUT2D eigenvalue weighted by Gasteiger charge is -2.39. The number of rotatable bonds is 6. The zero-order valence-corrected chi connectivity index (χ0v) is 28.3. The highest BCUT2D eigenvalue weighted by atomic mass is 16.6. The molecule has 2 fully saturated rings. The van der Waals surface area contributed by atoms with E-state index in [-0.39, 0.29) is 38.1 Å². The molecule has 7 rings (SSSR count). The van der Waals surface area contributed by atoms with E-state index >= 15 is 0 Å². The smallest absolute Gasteiger partial charge is 0.313 e. The summed E-state index contributed by atoms with van der Waals surface area (Å²) in [4.78, 5) is 60.1. The maximum absolute atomic E-state index is 14.9. The number of aliphatic hydroxyl groups excluding tert-OH is 1. The van der Waals surface area contributed by atoms with Crippen molar-refractivity contribution < 1.29 is 33.8 Å². The number of ether oxygens (including phenoxy) is 2. The second kappa shape index (κ2) is 13.4. The predicted octanol–water partition coefficient (Wildman–Crippen LogP) is 2.52. The van der Waals surface area contributed by atoms with Crippen molar-refractivity contribution in [2.75, 3.05) is 13.2 Å². The highest BCUT2D eigenvalue weighted by Crippen LogP contribution is 2.54. The molecule has 8 atom stereocenters. The largest absolute Gasteiger partial charge is 0.455 e. The van der Waals surface area contributed by atoms with Crippen LogP contribution >= 0.6 is 0 Å². The van der Waals surface area contributed by atoms with Crippen molar-refractivity contribution in [3.8, 4) is 0 Å². The summed E-state index contributed by atoms with van der Waals surface area (Å²) in [5, 5.41) is 22.1. The van der Waals surface area contributed by atoms with Crippen LogP contribution in [0.5, 0.6) is 0 Å². The summed E-state index contributed by atoms with van der Waals surface area (Å²) in [5.41, 5.74) is 0.563. The zero-order valence-electron chi connectivity index (χ0n) is 28.3. The van der Waals surface area contributed by atoms with E-state index in [0.29, 0.717) is 17.5 Å². The van der Waals surface area contributed by atoms with Crippen LogP contribution in [0, 0.1) is 17.8 Å². The molecule has 0 unspecified atom stereocenters. The Hall–Kier alpha value is -4.88. The van der Waals surface area contributed by atoms with Crippen molar-refractivity contribution in [3.63, 3.8) is 0 Å². The summed E-state index contributed by atoms with van der Waals surface area (Å²) in [6, 6.07) is 14.1. The summed E-state index contributed by atoms with van der Waals surface area (Å²) in [5.74, 6) is -4.19. The molecular formula is C37H42N6O7. The van der Waals surface area contributed by atoms with Crippen molar-refractivity contribution in [1.82, 2.24) is 30.1 Å². The Morgan fingerprint density at radius 3 is 2.54 bits per heavy atom. The van der Waals surface area contributed by atoms with Crippen molar-refractivity contribution >= 4 is 34.7 Å². The zero-order chi connectivity index (χ0) is 35.2. The Bertz CT molecular complexity index is 1840. The van der Waals surface area contributed by atoms with Crippen molar-refractivity contribution in [2.45, 2.75) is 76.2 Å². The van der Waals surface area contributed by atoms with Gasteiger partial charge in [0.15, 0.2) is 0 Å². The molecule has 13 heteroatoms. The molecule has 4 aliphatic heterocycles. The number of cyclic esters (lactones) is 1. The first-order valence-corrected chi connectivity index (χ1v) is 17.2. The quantitative estimate of drug-likeness (QED) is 0.295. The van der Waals surface area contributed by atoms with Crippen LogP contribution in [0.25, 0.3) is 11.0 Å². The van der Waals surface area contributed by atoms with Gasteiger partial charge in [0.05, 0.1) is 36.2 Å². The summed E-state index contributed by atoms with van der Waals surface area (Å²) < 4.78 is 14.7. The number of nitrogens with zero attached hydrogens (tertiary/aromatic N) is 5. The van der Waals surface area contributed by atoms with Crippen LogP contribution in [0.4, 0.5) is 0 Å². The fraction of sp³-hybridized carbons (Fsp3) is 0.459. The van der Waals surface area contributed by atoms with Crippen LogP contribution < -0.4 is 5.32 Å². The van der Waals surface area contributed by atoms with Crippen LogP contribution in [0.1, 0.15) is 45.3 Å². The lowest BCUT2D eigenvalue weighted by atomic mass is 9.77. The highest BCUT2D eigenvalue weighted by molar-refractivity contribution is 5.99. The Morgan fingerprint density at radius 1 is 1.02 bits per heavy atom. The van der Waals surface area contributed by atoms with Crippen LogP contribution in [0.3, 0.4) is 0 Å². The number of esters is 1. The summed E-state index contributed by atoms with van der Waals surface area (Å²) in [6.07, 6.45) is 5.83. The standard InChI is InChI=1S/C37H42N6O7/c1-22(2)27(20-44)43-33-35(47)41(21-42-26-15-8-7-14-25(26)39-40-42)19-11-18-37(33)31(34(43)46)30-28(50-37)16-9-10-17-29(45)38-23(3)32(49-36(30)48)24-12-5-4-6-13-24/h4-9,11-16,18,22-23,27-28,30-33,44H,10,17,19-21H2,1-3H3,(H,38,45)/b16-9-/t23-,27-,28-,30+,31+,32+,33-,37+/m0/s1. The van der Waals surface area contributed by atoms with Gasteiger partial charge in [-0.05, 0) is 37.0 Å². The molecule has 0 saturated carbocycles. The number of aliphatic hydroxyl groups is 1. The second-order valence-corrected chi connectivity index (χ2v) is 13.9. The molecule has 0 aliphatic carbocycles. The van der Waals surface area contributed by atoms with Gasteiger partial charge in [-0.3, -0.25) is 19.2 Å². The third-order valence-corrected chi connectivity index (χ3v) is 10.4. The van der Waals surface area contributed by atoms with E-state index in [1.165, 1.54) is 4.90 Å². The van der Waals surface area contributed by atoms with E-state index in [4.69, 9.17) is 9.47 Å². The normalized spacial score (nSPS) is 31.3. The predicted molar refractivity (Wildman–Crippen MR) is 181 cm³/mol. The Morgan fingerprint density at radius 2 is 1.78 bits per heavy atom. The number of hydrogen-bond donors (Lipinski definition) is 2. The molecule has 262 valence electrons. The van der Waals surface area contributed by atoms with Gasteiger partial charge in [-0.1, -0.05) is 85.8 Å². The van der Waals surface area contributed by atoms with E-state index < -0.39 is 65.6 Å². The number of para-hydroxylation sites is 1. The first-order valence-electron chi connectivity index (χ1n) is 17.2. The molecule has 5 heterocycles. The highest BCUT2D eigenvalue weighted by Gasteiger charge is 2.72. The van der Waals surface area contributed by atoms with Crippen molar-refractivity contribution in [3.05, 3.63) is 84.5 Å². The van der Waals surface area contributed by atoms with E-state index in [1.807, 2.05) is 68.4 Å². The van der Waals surface area contributed by atoms with Gasteiger partial charge in [0.2, 0.25) is 11.8 Å². The molecule has 3 aromatic rings. The molecule has 13 nitrogen and oxygen atoms in total. The minimum absolute atomic E-state index is 0.0565. The topological polar surface area (TPSA) is 156 Å². The Labute approximate surface area is 289 Å². The van der Waals surface area contributed by atoms with Crippen LogP contribution in [0.2, 0.25) is 0 Å². The molecule has 3 amide bonds. The number of amides is 3. The van der Waals surface area contributed by atoms with Gasteiger partial charge in [0.25, 0.3) is 5.91 Å². The minimum atomic E-state index is -1.55. The number of likely N-dealkylation sites (tertiary alicyclic amines) is 1. The number of allylic oxidation sites excluding steroid dienone is 1. The molecule has 1 spiro atoms. The minimum Gasteiger partial charge on any atom is -0.455 e. The van der Waals surface area contributed by atoms with Gasteiger partial charge in [-0.2, -0.15) is 0 Å². The summed E-state index contributed by atoms with van der Waals surface area (Å²) in [6.45, 7) is 5.39. The van der Waals surface area contributed by atoms with Crippen LogP contribution in [-0.4, -0.2) is 96.6 Å². The fourth-order valence-electron chi connectivity index (χ4n) is 7.98. The number of nitrogens with one attached hydrogen (secondary N) is 1. The number of benzene rings is 2. The van der Waals surface area contributed by atoms with Gasteiger partial charge in [0.1, 0.15) is 35.9 Å². The van der Waals surface area contributed by atoms with Crippen molar-refractivity contribution in [2.24, 2.45) is 17.8 Å². The SMILES string of the molecule is CC(C)[C@H](CO)N1C(=O)[C@H]2[C@@H]3C(=O)O[C@@H](c4ccccc4)[C@H](C)NC(=O)CC/C=C\[C@@H]3O[C@]23C=CCN(Cn2nnc4ccccc42)C(=O)[C@H]13. The molecular weight excluding hydrogens is 640 g/mol. The average Bonchev–Trinajstić information content (AvgIpc) is 3.70. The van der Waals surface area contributed by atoms with Gasteiger partial charge in [-0.25, -0.2) is 4.68 Å². The Kier molecular flexibility index (Phi) is 9.04. The third-order valence-electron chi connectivity index (χ3n) is 10.4.